The van der Waals surface area contributed by atoms with Gasteiger partial charge in [-0.15, -0.1) is 0 Å². The Labute approximate surface area is 152 Å². The summed E-state index contributed by atoms with van der Waals surface area (Å²) < 4.78 is 47.6. The molecule has 3 rings (SSSR count). The second kappa shape index (κ2) is 6.86. The topological polar surface area (TPSA) is 87.7 Å². The van der Waals surface area contributed by atoms with Gasteiger partial charge in [0.05, 0.1) is 31.1 Å². The number of halogens is 3. The molecule has 0 bridgehead atoms. The molecule has 0 saturated carbocycles. The fraction of sp³-hybridized carbons (Fsp3) is 0.294. The van der Waals surface area contributed by atoms with Crippen molar-refractivity contribution < 1.29 is 17.9 Å². The molecule has 2 aromatic heterocycles. The first-order chi connectivity index (χ1) is 12.7. The van der Waals surface area contributed by atoms with Crippen LogP contribution in [0.3, 0.4) is 0 Å². The van der Waals surface area contributed by atoms with Crippen LogP contribution in [0, 0.1) is 18.3 Å². The second-order valence-corrected chi connectivity index (χ2v) is 6.08. The molecular weight excluding hydrogens is 361 g/mol. The first-order valence-electron chi connectivity index (χ1n) is 7.96. The molecule has 2 heterocycles. The maximum Gasteiger partial charge on any atom is 0.262 e. The summed E-state index contributed by atoms with van der Waals surface area (Å²) in [5.74, 6) is -2.95. The van der Waals surface area contributed by atoms with Crippen LogP contribution in [0.1, 0.15) is 12.7 Å². The molecule has 10 heteroatoms. The fourth-order valence-corrected chi connectivity index (χ4v) is 2.72. The van der Waals surface area contributed by atoms with Crippen molar-refractivity contribution in [3.63, 3.8) is 0 Å². The molecule has 0 spiro atoms. The van der Waals surface area contributed by atoms with Crippen molar-refractivity contribution in [3.05, 3.63) is 36.0 Å². The van der Waals surface area contributed by atoms with Gasteiger partial charge in [0.15, 0.2) is 5.82 Å². The quantitative estimate of drug-likeness (QED) is 0.615. The largest absolute Gasteiger partial charge is 0.479 e. The third-order valence-corrected chi connectivity index (χ3v) is 3.85. The van der Waals surface area contributed by atoms with Crippen molar-refractivity contribution in [3.8, 4) is 17.0 Å². The molecule has 0 radical (unpaired) electrons. The van der Waals surface area contributed by atoms with Crippen LogP contribution in [0.25, 0.3) is 16.6 Å². The van der Waals surface area contributed by atoms with Gasteiger partial charge in [-0.1, -0.05) is 6.07 Å². The van der Waals surface area contributed by atoms with Crippen molar-refractivity contribution >= 4 is 16.9 Å². The number of nitrogens with zero attached hydrogens (tertiary/aromatic N) is 4. The number of ether oxygens (including phenoxy) is 1. The predicted octanol–water partition coefficient (Wildman–Crippen LogP) is 4.58. The number of benzene rings is 1. The molecule has 0 aliphatic rings. The lowest BCUT2D eigenvalue weighted by Crippen LogP contribution is -2.22. The van der Waals surface area contributed by atoms with E-state index in [1.165, 1.54) is 30.0 Å². The molecule has 0 saturated heterocycles. The molecule has 7 nitrogen and oxygen atoms in total. The van der Waals surface area contributed by atoms with Gasteiger partial charge in [-0.2, -0.15) is 15.2 Å². The van der Waals surface area contributed by atoms with E-state index in [0.717, 1.165) is 6.92 Å². The van der Waals surface area contributed by atoms with Crippen molar-refractivity contribution in [2.45, 2.75) is 19.8 Å². The van der Waals surface area contributed by atoms with Crippen LogP contribution in [0.5, 0.6) is 5.88 Å². The monoisotopic (exact) mass is 378 g/mol. The molecule has 0 aliphatic carbocycles. The Morgan fingerprint density at radius 2 is 2.11 bits per heavy atom. The normalized spacial score (nSPS) is 11.6. The Morgan fingerprint density at radius 3 is 2.74 bits per heavy atom. The van der Waals surface area contributed by atoms with Crippen molar-refractivity contribution in [2.75, 3.05) is 19.0 Å². The van der Waals surface area contributed by atoms with E-state index < -0.39 is 18.3 Å². The Morgan fingerprint density at radius 1 is 1.37 bits per heavy atom. The van der Waals surface area contributed by atoms with Gasteiger partial charge in [-0.3, -0.25) is 0 Å². The van der Waals surface area contributed by atoms with Gasteiger partial charge in [-0.05, 0) is 24.6 Å². The average molecular weight is 378 g/mol. The summed E-state index contributed by atoms with van der Waals surface area (Å²) in [5.41, 5.74) is 8.41. The number of methoxy groups -OCH3 is 1. The molecule has 0 unspecified atom stereocenters. The molecule has 1 aromatic carbocycles. The minimum Gasteiger partial charge on any atom is -0.479 e. The SMILES string of the molecule is COc1nc(C)nn2cc(F)c(-c3ccc(N=N)c(NCC(C)(F)F)c3)c12. The lowest BCUT2D eigenvalue weighted by atomic mass is 10.0. The summed E-state index contributed by atoms with van der Waals surface area (Å²) in [6, 6.07) is 4.44. The smallest absolute Gasteiger partial charge is 0.262 e. The van der Waals surface area contributed by atoms with Gasteiger partial charge < -0.3 is 10.1 Å². The van der Waals surface area contributed by atoms with E-state index in [2.05, 4.69) is 20.5 Å². The summed E-state index contributed by atoms with van der Waals surface area (Å²) in [7, 11) is 1.41. The highest BCUT2D eigenvalue weighted by molar-refractivity contribution is 5.87. The molecule has 0 atom stereocenters. The third-order valence-electron chi connectivity index (χ3n) is 3.85. The predicted molar refractivity (Wildman–Crippen MR) is 93.6 cm³/mol. The van der Waals surface area contributed by atoms with Gasteiger partial charge >= 0.3 is 0 Å². The van der Waals surface area contributed by atoms with Crippen LogP contribution in [-0.4, -0.2) is 34.2 Å². The maximum absolute atomic E-state index is 14.7. The molecular formula is C17H17F3N6O. The van der Waals surface area contributed by atoms with Crippen LogP contribution in [0.4, 0.5) is 24.5 Å². The van der Waals surface area contributed by atoms with E-state index in [0.29, 0.717) is 16.9 Å². The molecule has 3 aromatic rings. The molecule has 0 amide bonds. The van der Waals surface area contributed by atoms with E-state index in [9.17, 15) is 13.2 Å². The van der Waals surface area contributed by atoms with E-state index in [1.54, 1.807) is 13.0 Å². The Kier molecular flexibility index (Phi) is 4.73. The number of alkyl halides is 2. The standard InChI is InChI=1S/C17H17F3N6O/c1-9-23-16(27-3)15-14(11(18)7-26(15)25-9)10-4-5-12(24-21)13(6-10)22-8-17(2,19)20/h4-7,21-22H,8H2,1-3H3. The number of fused-ring (bicyclic) bond motifs is 1. The zero-order valence-electron chi connectivity index (χ0n) is 14.8. The lowest BCUT2D eigenvalue weighted by Gasteiger charge is -2.15. The molecule has 142 valence electrons. The number of aryl methyl sites for hydroxylation is 1. The highest BCUT2D eigenvalue weighted by atomic mass is 19.3. The number of rotatable bonds is 6. The summed E-state index contributed by atoms with van der Waals surface area (Å²) >= 11 is 0. The summed E-state index contributed by atoms with van der Waals surface area (Å²) in [4.78, 5) is 4.16. The molecule has 0 fully saturated rings. The first kappa shape index (κ1) is 18.6. The van der Waals surface area contributed by atoms with Crippen LogP contribution in [0.2, 0.25) is 0 Å². The van der Waals surface area contributed by atoms with Crippen LogP contribution >= 0.6 is 0 Å². The zero-order chi connectivity index (χ0) is 19.8. The van der Waals surface area contributed by atoms with Gasteiger partial charge in [0.25, 0.3) is 5.92 Å². The molecule has 2 N–H and O–H groups in total. The third kappa shape index (κ3) is 3.69. The Balaban J connectivity index is 2.16. The minimum absolute atomic E-state index is 0.158. The highest BCUT2D eigenvalue weighted by Crippen LogP contribution is 2.37. The Bertz CT molecular complexity index is 1010. The Hall–Kier alpha value is -3.17. The van der Waals surface area contributed by atoms with Gasteiger partial charge in [-0.25, -0.2) is 23.2 Å². The summed E-state index contributed by atoms with van der Waals surface area (Å²) in [6.45, 7) is 1.77. The van der Waals surface area contributed by atoms with Crippen LogP contribution in [-0.2, 0) is 0 Å². The number of hydrogen-bond acceptors (Lipinski definition) is 6. The highest BCUT2D eigenvalue weighted by Gasteiger charge is 2.23. The number of nitrogens with one attached hydrogen (secondary N) is 2. The number of hydrogen-bond donors (Lipinski definition) is 2. The lowest BCUT2D eigenvalue weighted by molar-refractivity contribution is 0.0368. The molecule has 0 aliphatic heterocycles. The van der Waals surface area contributed by atoms with Crippen molar-refractivity contribution in [2.24, 2.45) is 5.11 Å². The van der Waals surface area contributed by atoms with Crippen molar-refractivity contribution in [1.29, 1.82) is 5.53 Å². The van der Waals surface area contributed by atoms with Gasteiger partial charge in [0.1, 0.15) is 17.0 Å². The van der Waals surface area contributed by atoms with Crippen LogP contribution in [0.15, 0.2) is 29.5 Å². The van der Waals surface area contributed by atoms with Gasteiger partial charge in [0, 0.05) is 6.92 Å². The van der Waals surface area contributed by atoms with Crippen molar-refractivity contribution in [1.82, 2.24) is 14.6 Å². The maximum atomic E-state index is 14.7. The van der Waals surface area contributed by atoms with Gasteiger partial charge in [0.2, 0.25) is 5.88 Å². The van der Waals surface area contributed by atoms with E-state index in [-0.39, 0.29) is 22.8 Å². The minimum atomic E-state index is -2.96. The number of aromatic nitrogens is 3. The summed E-state index contributed by atoms with van der Waals surface area (Å²) in [5, 5.41) is 10.0. The fourth-order valence-electron chi connectivity index (χ4n) is 2.72. The van der Waals surface area contributed by atoms with E-state index in [1.807, 2.05) is 0 Å². The second-order valence-electron chi connectivity index (χ2n) is 6.08. The van der Waals surface area contributed by atoms with Crippen LogP contribution < -0.4 is 10.1 Å². The van der Waals surface area contributed by atoms with E-state index >= 15 is 0 Å². The summed E-state index contributed by atoms with van der Waals surface area (Å²) in [6.07, 6.45) is 1.19. The first-order valence-corrected chi connectivity index (χ1v) is 7.96. The zero-order valence-corrected chi connectivity index (χ0v) is 14.8. The molecule has 27 heavy (non-hydrogen) atoms. The average Bonchev–Trinajstić information content (AvgIpc) is 2.93. The number of anilines is 1. The van der Waals surface area contributed by atoms with E-state index in [4.69, 9.17) is 10.3 Å².